The standard InChI is InChI=1S/C16H19ClFN3/c1-2-7-20-15(8-11-5-3-4-6-14(11)18)13-9-12(17)10-21-16(13)19/h3-6,9-10,15,20H,2,7-8H2,1H3,(H2,19,21). The van der Waals surface area contributed by atoms with Crippen LogP contribution in [0.4, 0.5) is 10.2 Å². The number of nitrogens with one attached hydrogen (secondary N) is 1. The minimum atomic E-state index is -0.214. The smallest absolute Gasteiger partial charge is 0.128 e. The molecule has 2 aromatic rings. The fourth-order valence-corrected chi connectivity index (χ4v) is 2.41. The number of benzene rings is 1. The first-order valence-electron chi connectivity index (χ1n) is 6.99. The van der Waals surface area contributed by atoms with Gasteiger partial charge in [0.25, 0.3) is 0 Å². The molecule has 0 aliphatic heterocycles. The second-order valence-corrected chi connectivity index (χ2v) is 5.37. The number of aromatic nitrogens is 1. The Morgan fingerprint density at radius 1 is 1.38 bits per heavy atom. The van der Waals surface area contributed by atoms with Crippen molar-refractivity contribution in [3.05, 3.63) is 58.5 Å². The van der Waals surface area contributed by atoms with Gasteiger partial charge in [0.1, 0.15) is 11.6 Å². The number of rotatable bonds is 6. The first-order valence-corrected chi connectivity index (χ1v) is 7.37. The number of halogens is 2. The molecule has 1 aromatic carbocycles. The summed E-state index contributed by atoms with van der Waals surface area (Å²) in [6, 6.07) is 8.43. The maximum atomic E-state index is 13.9. The third-order valence-corrected chi connectivity index (χ3v) is 3.52. The summed E-state index contributed by atoms with van der Waals surface area (Å²) in [7, 11) is 0. The average molecular weight is 308 g/mol. The number of nitrogens with zero attached hydrogens (tertiary/aromatic N) is 1. The van der Waals surface area contributed by atoms with E-state index in [1.807, 2.05) is 6.07 Å². The Kier molecular flexibility index (Phi) is 5.53. The van der Waals surface area contributed by atoms with Crippen molar-refractivity contribution < 1.29 is 4.39 Å². The van der Waals surface area contributed by atoms with Gasteiger partial charge >= 0.3 is 0 Å². The van der Waals surface area contributed by atoms with Crippen molar-refractivity contribution in [2.24, 2.45) is 0 Å². The van der Waals surface area contributed by atoms with Crippen LogP contribution in [0.5, 0.6) is 0 Å². The molecule has 1 atom stereocenters. The van der Waals surface area contributed by atoms with Gasteiger partial charge in [0.05, 0.1) is 5.02 Å². The molecule has 5 heteroatoms. The van der Waals surface area contributed by atoms with Gasteiger partial charge < -0.3 is 11.1 Å². The van der Waals surface area contributed by atoms with Crippen molar-refractivity contribution in [2.45, 2.75) is 25.8 Å². The molecule has 1 aromatic heterocycles. The normalized spacial score (nSPS) is 12.3. The average Bonchev–Trinajstić information content (AvgIpc) is 2.48. The lowest BCUT2D eigenvalue weighted by Crippen LogP contribution is -2.25. The van der Waals surface area contributed by atoms with Crippen molar-refractivity contribution in [1.29, 1.82) is 0 Å². The van der Waals surface area contributed by atoms with Crippen LogP contribution in [0.2, 0.25) is 5.02 Å². The summed E-state index contributed by atoms with van der Waals surface area (Å²) in [5.74, 6) is 0.207. The molecule has 0 bridgehead atoms. The van der Waals surface area contributed by atoms with E-state index in [0.717, 1.165) is 18.5 Å². The predicted molar refractivity (Wildman–Crippen MR) is 84.8 cm³/mol. The molecule has 3 N–H and O–H groups in total. The molecular weight excluding hydrogens is 289 g/mol. The molecule has 0 fully saturated rings. The summed E-state index contributed by atoms with van der Waals surface area (Å²) >= 11 is 6.01. The molecule has 0 saturated carbocycles. The second kappa shape index (κ2) is 7.38. The number of hydrogen-bond acceptors (Lipinski definition) is 3. The lowest BCUT2D eigenvalue weighted by Gasteiger charge is -2.20. The SMILES string of the molecule is CCCNC(Cc1ccccc1F)c1cc(Cl)cnc1N. The van der Waals surface area contributed by atoms with Gasteiger partial charge in [-0.25, -0.2) is 9.37 Å². The summed E-state index contributed by atoms with van der Waals surface area (Å²) in [5.41, 5.74) is 7.40. The van der Waals surface area contributed by atoms with Crippen molar-refractivity contribution in [3.63, 3.8) is 0 Å². The molecule has 0 amide bonds. The monoisotopic (exact) mass is 307 g/mol. The number of nitrogen functional groups attached to an aromatic ring is 1. The Morgan fingerprint density at radius 3 is 2.86 bits per heavy atom. The lowest BCUT2D eigenvalue weighted by molar-refractivity contribution is 0.513. The summed E-state index contributed by atoms with van der Waals surface area (Å²) < 4.78 is 13.9. The molecule has 0 aliphatic carbocycles. The Hall–Kier alpha value is -1.65. The largest absolute Gasteiger partial charge is 0.383 e. The van der Waals surface area contributed by atoms with Crippen molar-refractivity contribution >= 4 is 17.4 Å². The highest BCUT2D eigenvalue weighted by Crippen LogP contribution is 2.26. The summed E-state index contributed by atoms with van der Waals surface area (Å²) in [5, 5.41) is 3.91. The first-order chi connectivity index (χ1) is 10.1. The maximum Gasteiger partial charge on any atom is 0.128 e. The van der Waals surface area contributed by atoms with E-state index < -0.39 is 0 Å². The van der Waals surface area contributed by atoms with Crippen LogP contribution in [-0.4, -0.2) is 11.5 Å². The van der Waals surface area contributed by atoms with Crippen LogP contribution in [-0.2, 0) is 6.42 Å². The van der Waals surface area contributed by atoms with Crippen LogP contribution in [0.1, 0.15) is 30.5 Å². The Labute approximate surface area is 129 Å². The van der Waals surface area contributed by atoms with E-state index >= 15 is 0 Å². The minimum absolute atomic E-state index is 0.118. The lowest BCUT2D eigenvalue weighted by atomic mass is 9.98. The van der Waals surface area contributed by atoms with Gasteiger partial charge in [0.2, 0.25) is 0 Å². The van der Waals surface area contributed by atoms with Gasteiger partial charge in [-0.3, -0.25) is 0 Å². The molecule has 2 rings (SSSR count). The van der Waals surface area contributed by atoms with Gasteiger partial charge in [0, 0.05) is 17.8 Å². The Morgan fingerprint density at radius 2 is 2.14 bits per heavy atom. The third-order valence-electron chi connectivity index (χ3n) is 3.31. The molecule has 112 valence electrons. The second-order valence-electron chi connectivity index (χ2n) is 4.93. The van der Waals surface area contributed by atoms with E-state index in [9.17, 15) is 4.39 Å². The Bertz CT molecular complexity index is 604. The highest BCUT2D eigenvalue weighted by Gasteiger charge is 2.17. The third kappa shape index (κ3) is 4.16. The molecular formula is C16H19ClFN3. The van der Waals surface area contributed by atoms with Gasteiger partial charge in [-0.15, -0.1) is 0 Å². The molecule has 0 saturated heterocycles. The van der Waals surface area contributed by atoms with E-state index in [0.29, 0.717) is 22.8 Å². The summed E-state index contributed by atoms with van der Waals surface area (Å²) in [6.45, 7) is 2.89. The molecule has 21 heavy (non-hydrogen) atoms. The van der Waals surface area contributed by atoms with Crippen molar-refractivity contribution in [3.8, 4) is 0 Å². The number of anilines is 1. The quantitative estimate of drug-likeness (QED) is 0.854. The van der Waals surface area contributed by atoms with E-state index in [2.05, 4.69) is 17.2 Å². The van der Waals surface area contributed by atoms with Crippen LogP contribution < -0.4 is 11.1 Å². The number of hydrogen-bond donors (Lipinski definition) is 2. The van der Waals surface area contributed by atoms with Crippen molar-refractivity contribution in [2.75, 3.05) is 12.3 Å². The van der Waals surface area contributed by atoms with Crippen LogP contribution in [0.25, 0.3) is 0 Å². The zero-order chi connectivity index (χ0) is 15.2. The van der Waals surface area contributed by atoms with Crippen LogP contribution >= 0.6 is 11.6 Å². The summed E-state index contributed by atoms with van der Waals surface area (Å²) in [4.78, 5) is 4.08. The Balaban J connectivity index is 2.30. The number of nitrogens with two attached hydrogens (primary N) is 1. The molecule has 1 unspecified atom stereocenters. The highest BCUT2D eigenvalue weighted by molar-refractivity contribution is 6.30. The van der Waals surface area contributed by atoms with E-state index in [4.69, 9.17) is 17.3 Å². The maximum absolute atomic E-state index is 13.9. The topological polar surface area (TPSA) is 50.9 Å². The van der Waals surface area contributed by atoms with Gasteiger partial charge in [0.15, 0.2) is 0 Å². The molecule has 1 heterocycles. The molecule has 0 spiro atoms. The van der Waals surface area contributed by atoms with E-state index in [1.54, 1.807) is 18.2 Å². The van der Waals surface area contributed by atoms with Gasteiger partial charge in [-0.05, 0) is 37.1 Å². The summed E-state index contributed by atoms with van der Waals surface area (Å²) in [6.07, 6.45) is 2.99. The minimum Gasteiger partial charge on any atom is -0.383 e. The zero-order valence-electron chi connectivity index (χ0n) is 11.9. The van der Waals surface area contributed by atoms with E-state index in [-0.39, 0.29) is 11.9 Å². The predicted octanol–water partition coefficient (Wildman–Crippen LogP) is 3.74. The first kappa shape index (κ1) is 15.7. The van der Waals surface area contributed by atoms with E-state index in [1.165, 1.54) is 12.3 Å². The number of pyridine rings is 1. The van der Waals surface area contributed by atoms with Gasteiger partial charge in [-0.1, -0.05) is 36.7 Å². The van der Waals surface area contributed by atoms with Crippen molar-refractivity contribution in [1.82, 2.24) is 10.3 Å². The molecule has 0 aliphatic rings. The fourth-order valence-electron chi connectivity index (χ4n) is 2.24. The highest BCUT2D eigenvalue weighted by atomic mass is 35.5. The fraction of sp³-hybridized carbons (Fsp3) is 0.312. The molecule has 3 nitrogen and oxygen atoms in total. The van der Waals surface area contributed by atoms with Crippen LogP contribution in [0.15, 0.2) is 36.5 Å². The van der Waals surface area contributed by atoms with Crippen LogP contribution in [0, 0.1) is 5.82 Å². The van der Waals surface area contributed by atoms with Gasteiger partial charge in [-0.2, -0.15) is 0 Å². The van der Waals surface area contributed by atoms with Crippen LogP contribution in [0.3, 0.4) is 0 Å². The molecule has 0 radical (unpaired) electrons. The zero-order valence-corrected chi connectivity index (χ0v) is 12.7.